The topological polar surface area (TPSA) is 54.5 Å². The third kappa shape index (κ3) is 1.82. The van der Waals surface area contributed by atoms with Gasteiger partial charge in [-0.25, -0.2) is 0 Å². The van der Waals surface area contributed by atoms with E-state index in [1.807, 2.05) is 12.1 Å². The number of aryl methyl sites for hydroxylation is 3. The van der Waals surface area contributed by atoms with E-state index in [1.54, 1.807) is 4.80 Å². The molecule has 0 aliphatic heterocycles. The summed E-state index contributed by atoms with van der Waals surface area (Å²) >= 11 is 0. The smallest absolute Gasteiger partial charge is 0.113 e. The second-order valence-electron chi connectivity index (χ2n) is 3.63. The lowest BCUT2D eigenvalue weighted by atomic mass is 10.1. The molecule has 0 spiro atoms. The minimum absolute atomic E-state index is 0.443. The van der Waals surface area contributed by atoms with Crippen LogP contribution >= 0.6 is 0 Å². The van der Waals surface area contributed by atoms with Crippen molar-refractivity contribution in [2.45, 2.75) is 26.8 Å². The van der Waals surface area contributed by atoms with Crippen LogP contribution in [-0.2, 0) is 6.54 Å². The summed E-state index contributed by atoms with van der Waals surface area (Å²) in [5.41, 5.74) is 4.23. The molecular weight excluding hydrogens is 188 g/mol. The van der Waals surface area contributed by atoms with Gasteiger partial charge in [0.2, 0.25) is 0 Å². The maximum atomic E-state index is 8.47. The summed E-state index contributed by atoms with van der Waals surface area (Å²) in [6.07, 6.45) is 0.443. The van der Waals surface area contributed by atoms with Gasteiger partial charge in [0, 0.05) is 0 Å². The van der Waals surface area contributed by atoms with Crippen LogP contribution < -0.4 is 0 Å². The zero-order valence-corrected chi connectivity index (χ0v) is 8.86. The van der Waals surface area contributed by atoms with E-state index in [-0.39, 0.29) is 0 Å². The van der Waals surface area contributed by atoms with Crippen molar-refractivity contribution in [3.63, 3.8) is 0 Å². The van der Waals surface area contributed by atoms with Gasteiger partial charge < -0.3 is 0 Å². The summed E-state index contributed by atoms with van der Waals surface area (Å²) in [4.78, 5) is 1.59. The Bertz CT molecular complexity index is 494. The molecule has 4 nitrogen and oxygen atoms in total. The molecule has 2 aromatic rings. The number of aromatic nitrogens is 3. The number of nitrogens with zero attached hydrogens (tertiary/aromatic N) is 4. The van der Waals surface area contributed by atoms with Gasteiger partial charge in [-0.1, -0.05) is 0 Å². The fourth-order valence-electron chi connectivity index (χ4n) is 1.47. The molecule has 0 saturated heterocycles. The van der Waals surface area contributed by atoms with E-state index in [4.69, 9.17) is 5.26 Å². The molecule has 0 atom stereocenters. The van der Waals surface area contributed by atoms with Crippen molar-refractivity contribution in [2.24, 2.45) is 0 Å². The molecule has 1 heterocycles. The molecule has 76 valence electrons. The Kier molecular flexibility index (Phi) is 2.38. The van der Waals surface area contributed by atoms with Gasteiger partial charge in [-0.2, -0.15) is 20.3 Å². The standard InChI is InChI=1S/C11H12N4/c1-8-6-10-11(7-9(8)2)14-15(13-10)5-3-4-12/h6-7H,3,5H2,1-2H3. The second-order valence-corrected chi connectivity index (χ2v) is 3.63. The van der Waals surface area contributed by atoms with Crippen molar-refractivity contribution in [2.75, 3.05) is 0 Å². The highest BCUT2D eigenvalue weighted by molar-refractivity contribution is 5.75. The Balaban J connectivity index is 2.43. The number of nitriles is 1. The molecule has 2 rings (SSSR count). The monoisotopic (exact) mass is 200 g/mol. The fraction of sp³-hybridized carbons (Fsp3) is 0.364. The van der Waals surface area contributed by atoms with Gasteiger partial charge in [-0.3, -0.25) is 0 Å². The van der Waals surface area contributed by atoms with Crippen molar-refractivity contribution < 1.29 is 0 Å². The van der Waals surface area contributed by atoms with Crippen LogP contribution in [0.4, 0.5) is 0 Å². The predicted molar refractivity (Wildman–Crippen MR) is 57.2 cm³/mol. The van der Waals surface area contributed by atoms with Gasteiger partial charge in [-0.15, -0.1) is 0 Å². The van der Waals surface area contributed by atoms with E-state index in [2.05, 4.69) is 30.1 Å². The van der Waals surface area contributed by atoms with Gasteiger partial charge in [0.15, 0.2) is 0 Å². The lowest BCUT2D eigenvalue weighted by molar-refractivity contribution is 0.554. The van der Waals surface area contributed by atoms with Crippen LogP contribution in [0, 0.1) is 25.2 Å². The van der Waals surface area contributed by atoms with Crippen molar-refractivity contribution >= 4 is 11.0 Å². The number of hydrogen-bond donors (Lipinski definition) is 0. The zero-order chi connectivity index (χ0) is 10.8. The van der Waals surface area contributed by atoms with Gasteiger partial charge in [0.25, 0.3) is 0 Å². The minimum Gasteiger partial charge on any atom is -0.198 e. The third-order valence-electron chi connectivity index (χ3n) is 2.46. The average molecular weight is 200 g/mol. The molecule has 0 fully saturated rings. The Morgan fingerprint density at radius 3 is 2.20 bits per heavy atom. The lowest BCUT2D eigenvalue weighted by Gasteiger charge is -1.95. The van der Waals surface area contributed by atoms with Crippen molar-refractivity contribution in [1.82, 2.24) is 15.0 Å². The van der Waals surface area contributed by atoms with Crippen LogP contribution in [0.25, 0.3) is 11.0 Å². The Labute approximate surface area is 88.1 Å². The van der Waals surface area contributed by atoms with E-state index in [0.29, 0.717) is 13.0 Å². The average Bonchev–Trinajstić information content (AvgIpc) is 2.58. The lowest BCUT2D eigenvalue weighted by Crippen LogP contribution is -2.00. The van der Waals surface area contributed by atoms with Gasteiger partial charge in [0.05, 0.1) is 19.0 Å². The minimum atomic E-state index is 0.443. The number of benzene rings is 1. The number of hydrogen-bond acceptors (Lipinski definition) is 3. The highest BCUT2D eigenvalue weighted by Crippen LogP contribution is 2.15. The van der Waals surface area contributed by atoms with Crippen LogP contribution in [-0.4, -0.2) is 15.0 Å². The SMILES string of the molecule is Cc1cc2nn(CCC#N)nc2cc1C. The normalized spacial score (nSPS) is 10.5. The van der Waals surface area contributed by atoms with Crippen molar-refractivity contribution in [3.05, 3.63) is 23.3 Å². The molecule has 0 bridgehead atoms. The van der Waals surface area contributed by atoms with Crippen LogP contribution in [0.3, 0.4) is 0 Å². The van der Waals surface area contributed by atoms with Gasteiger partial charge >= 0.3 is 0 Å². The Hall–Kier alpha value is -1.89. The molecule has 0 unspecified atom stereocenters. The fourth-order valence-corrected chi connectivity index (χ4v) is 1.47. The molecular formula is C11H12N4. The molecule has 4 heteroatoms. The van der Waals surface area contributed by atoms with Crippen LogP contribution in [0.5, 0.6) is 0 Å². The second kappa shape index (κ2) is 3.70. The third-order valence-corrected chi connectivity index (χ3v) is 2.46. The van der Waals surface area contributed by atoms with Gasteiger partial charge in [-0.05, 0) is 37.1 Å². The number of rotatable bonds is 2. The first-order chi connectivity index (χ1) is 7.20. The molecule has 15 heavy (non-hydrogen) atoms. The molecule has 0 N–H and O–H groups in total. The summed E-state index contributed by atoms with van der Waals surface area (Å²) in [5.74, 6) is 0. The molecule has 0 aliphatic carbocycles. The summed E-state index contributed by atoms with van der Waals surface area (Å²) < 4.78 is 0. The summed E-state index contributed by atoms with van der Waals surface area (Å²) in [6.45, 7) is 4.68. The first kappa shape index (κ1) is 9.66. The quantitative estimate of drug-likeness (QED) is 0.744. The maximum absolute atomic E-state index is 8.47. The highest BCUT2D eigenvalue weighted by atomic mass is 15.5. The predicted octanol–water partition coefficient (Wildman–Crippen LogP) is 1.96. The van der Waals surface area contributed by atoms with Gasteiger partial charge in [0.1, 0.15) is 11.0 Å². The molecule has 0 amide bonds. The molecule has 1 aromatic heterocycles. The van der Waals surface area contributed by atoms with Crippen molar-refractivity contribution in [1.29, 1.82) is 5.26 Å². The van der Waals surface area contributed by atoms with E-state index in [1.165, 1.54) is 11.1 Å². The summed E-state index contributed by atoms with van der Waals surface area (Å²) in [6, 6.07) is 6.14. The van der Waals surface area contributed by atoms with E-state index >= 15 is 0 Å². The first-order valence-electron chi connectivity index (χ1n) is 4.90. The maximum Gasteiger partial charge on any atom is 0.113 e. The molecule has 0 radical (unpaired) electrons. The molecule has 0 aliphatic rings. The molecule has 1 aromatic carbocycles. The largest absolute Gasteiger partial charge is 0.198 e. The van der Waals surface area contributed by atoms with Crippen LogP contribution in [0.1, 0.15) is 17.5 Å². The Morgan fingerprint density at radius 2 is 1.73 bits per heavy atom. The molecule has 0 saturated carbocycles. The highest BCUT2D eigenvalue weighted by Gasteiger charge is 2.04. The van der Waals surface area contributed by atoms with Crippen LogP contribution in [0.15, 0.2) is 12.1 Å². The van der Waals surface area contributed by atoms with E-state index in [0.717, 1.165) is 11.0 Å². The summed E-state index contributed by atoms with van der Waals surface area (Å²) in [5, 5.41) is 17.1. The Morgan fingerprint density at radius 1 is 1.20 bits per heavy atom. The zero-order valence-electron chi connectivity index (χ0n) is 8.86. The first-order valence-corrected chi connectivity index (χ1v) is 4.90. The number of fused-ring (bicyclic) bond motifs is 1. The van der Waals surface area contributed by atoms with E-state index < -0.39 is 0 Å². The van der Waals surface area contributed by atoms with Crippen molar-refractivity contribution in [3.8, 4) is 6.07 Å². The van der Waals surface area contributed by atoms with E-state index in [9.17, 15) is 0 Å². The summed E-state index contributed by atoms with van der Waals surface area (Å²) in [7, 11) is 0. The van der Waals surface area contributed by atoms with Crippen LogP contribution in [0.2, 0.25) is 0 Å².